The summed E-state index contributed by atoms with van der Waals surface area (Å²) in [5.74, 6) is -4.68. The number of aliphatic hydroxyl groups is 2. The Morgan fingerprint density at radius 2 is 1.18 bits per heavy atom. The van der Waals surface area contributed by atoms with Gasteiger partial charge in [0.05, 0.1) is 19.3 Å². The van der Waals surface area contributed by atoms with Crippen LogP contribution in [-0.2, 0) is 36.8 Å². The Hall–Kier alpha value is -4.33. The van der Waals surface area contributed by atoms with Crippen molar-refractivity contribution >= 4 is 29.6 Å². The molecular formula is C27H35N5O8. The normalized spacial score (nSPS) is 14.5. The summed E-state index contributed by atoms with van der Waals surface area (Å²) in [6.07, 6.45) is -1.40. The van der Waals surface area contributed by atoms with Crippen molar-refractivity contribution in [3.05, 3.63) is 71.8 Å². The predicted octanol–water partition coefficient (Wildman–Crippen LogP) is -2.17. The maximum absolute atomic E-state index is 13.2. The van der Waals surface area contributed by atoms with Crippen molar-refractivity contribution in [2.24, 2.45) is 5.73 Å². The van der Waals surface area contributed by atoms with E-state index in [9.17, 15) is 39.3 Å². The molecule has 0 heterocycles. The summed E-state index contributed by atoms with van der Waals surface area (Å²) < 4.78 is 0. The smallest absolute Gasteiger partial charge is 0.328 e. The number of aliphatic hydroxyl groups excluding tert-OH is 2. The highest BCUT2D eigenvalue weighted by molar-refractivity contribution is 5.95. The van der Waals surface area contributed by atoms with Gasteiger partial charge >= 0.3 is 5.97 Å². The second-order valence-electron chi connectivity index (χ2n) is 9.07. The van der Waals surface area contributed by atoms with Crippen LogP contribution in [0.3, 0.4) is 0 Å². The molecule has 0 saturated carbocycles. The quantitative estimate of drug-likeness (QED) is 0.119. The van der Waals surface area contributed by atoms with E-state index in [1.165, 1.54) is 6.92 Å². The summed E-state index contributed by atoms with van der Waals surface area (Å²) in [6, 6.07) is 11.7. The van der Waals surface area contributed by atoms with E-state index in [0.717, 1.165) is 5.56 Å². The van der Waals surface area contributed by atoms with Crippen molar-refractivity contribution in [1.29, 1.82) is 0 Å². The summed E-state index contributed by atoms with van der Waals surface area (Å²) in [5, 5.41) is 38.4. The number of benzene rings is 2. The number of nitrogens with one attached hydrogen (secondary N) is 4. The first-order valence-corrected chi connectivity index (χ1v) is 12.6. The van der Waals surface area contributed by atoms with Gasteiger partial charge in [-0.25, -0.2) is 4.79 Å². The number of carbonyl (C=O) groups is 5. The molecule has 0 spiro atoms. The number of nitrogens with two attached hydrogens (primary N) is 1. The molecule has 0 radical (unpaired) electrons. The Balaban J connectivity index is 2.24. The van der Waals surface area contributed by atoms with Gasteiger partial charge in [0.15, 0.2) is 0 Å². The van der Waals surface area contributed by atoms with Crippen LogP contribution in [0.2, 0.25) is 0 Å². The van der Waals surface area contributed by atoms with Crippen LogP contribution in [0.15, 0.2) is 60.7 Å². The molecule has 0 aliphatic rings. The first-order chi connectivity index (χ1) is 19.0. The fourth-order valence-corrected chi connectivity index (χ4v) is 3.75. The van der Waals surface area contributed by atoms with Crippen LogP contribution in [0.5, 0.6) is 0 Å². The second-order valence-corrected chi connectivity index (χ2v) is 9.07. The Morgan fingerprint density at radius 3 is 1.60 bits per heavy atom. The van der Waals surface area contributed by atoms with Crippen molar-refractivity contribution in [2.45, 2.75) is 50.0 Å². The highest BCUT2D eigenvalue weighted by Gasteiger charge is 2.33. The number of amides is 4. The predicted molar refractivity (Wildman–Crippen MR) is 143 cm³/mol. The molecule has 4 amide bonds. The molecular weight excluding hydrogens is 522 g/mol. The van der Waals surface area contributed by atoms with E-state index in [1.807, 2.05) is 0 Å². The lowest BCUT2D eigenvalue weighted by molar-refractivity contribution is -0.143. The average molecular weight is 558 g/mol. The van der Waals surface area contributed by atoms with Gasteiger partial charge in [-0.3, -0.25) is 19.2 Å². The standard InChI is InChI=1S/C27H35N5O8/c1-16(34)23(32-25(37)19(29-22(35)14-28)12-17-8-4-2-5-9-17)26(38)30-20(13-18-10-6-3-7-11-18)24(36)31-21(15-33)27(39)40/h2-11,16,19-21,23,33-34H,12-15,28H2,1H3,(H,29,35)(H,30,38)(H,31,36)(H,32,37)(H,39,40)/t16-,19+,20+,21+,23+/m1/s1. The molecule has 2 aromatic rings. The van der Waals surface area contributed by atoms with Gasteiger partial charge < -0.3 is 42.3 Å². The molecule has 5 atom stereocenters. The van der Waals surface area contributed by atoms with Crippen LogP contribution in [0, 0.1) is 0 Å². The van der Waals surface area contributed by atoms with E-state index in [0.29, 0.717) is 5.56 Å². The van der Waals surface area contributed by atoms with E-state index in [-0.39, 0.29) is 19.4 Å². The molecule has 40 heavy (non-hydrogen) atoms. The molecule has 2 aromatic carbocycles. The van der Waals surface area contributed by atoms with Crippen LogP contribution in [0.4, 0.5) is 0 Å². The molecule has 216 valence electrons. The fraction of sp³-hybridized carbons (Fsp3) is 0.370. The minimum atomic E-state index is -1.61. The van der Waals surface area contributed by atoms with Crippen molar-refractivity contribution < 1.29 is 39.3 Å². The van der Waals surface area contributed by atoms with E-state index < -0.39 is 66.5 Å². The second kappa shape index (κ2) is 15.9. The zero-order valence-corrected chi connectivity index (χ0v) is 21.9. The third-order valence-electron chi connectivity index (χ3n) is 5.90. The molecule has 0 aliphatic heterocycles. The number of carboxylic acid groups (broad SMARTS) is 1. The zero-order chi connectivity index (χ0) is 29.7. The van der Waals surface area contributed by atoms with E-state index in [4.69, 9.17) is 5.73 Å². The molecule has 9 N–H and O–H groups in total. The lowest BCUT2D eigenvalue weighted by Crippen LogP contribution is -2.61. The van der Waals surface area contributed by atoms with Gasteiger partial charge in [-0.05, 0) is 18.1 Å². The number of carbonyl (C=O) groups excluding carboxylic acids is 4. The maximum atomic E-state index is 13.2. The molecule has 0 saturated heterocycles. The minimum Gasteiger partial charge on any atom is -0.480 e. The molecule has 0 bridgehead atoms. The van der Waals surface area contributed by atoms with Gasteiger partial charge in [0.1, 0.15) is 24.2 Å². The Bertz CT molecular complexity index is 1150. The van der Waals surface area contributed by atoms with Gasteiger partial charge in [0.2, 0.25) is 23.6 Å². The Kier molecular flexibility index (Phi) is 12.7. The lowest BCUT2D eigenvalue weighted by Gasteiger charge is -2.27. The number of carboxylic acids is 1. The highest BCUT2D eigenvalue weighted by atomic mass is 16.4. The summed E-state index contributed by atoms with van der Waals surface area (Å²) in [7, 11) is 0. The Labute approximate surface area is 231 Å². The molecule has 2 rings (SSSR count). The van der Waals surface area contributed by atoms with Crippen LogP contribution in [0.25, 0.3) is 0 Å². The van der Waals surface area contributed by atoms with Crippen molar-refractivity contribution in [2.75, 3.05) is 13.2 Å². The van der Waals surface area contributed by atoms with E-state index >= 15 is 0 Å². The van der Waals surface area contributed by atoms with Gasteiger partial charge in [0, 0.05) is 12.8 Å². The van der Waals surface area contributed by atoms with Crippen molar-refractivity contribution in [3.8, 4) is 0 Å². The molecule has 0 fully saturated rings. The SMILES string of the molecule is C[C@@H](O)[C@H](NC(=O)[C@H](Cc1ccccc1)NC(=O)CN)C(=O)N[C@@H](Cc1ccccc1)C(=O)N[C@@H](CO)C(=O)O. The zero-order valence-electron chi connectivity index (χ0n) is 21.9. The van der Waals surface area contributed by atoms with Gasteiger partial charge in [0.25, 0.3) is 0 Å². The third-order valence-corrected chi connectivity index (χ3v) is 5.90. The third kappa shape index (κ3) is 10.1. The Morgan fingerprint density at radius 1 is 0.725 bits per heavy atom. The highest BCUT2D eigenvalue weighted by Crippen LogP contribution is 2.07. The first kappa shape index (κ1) is 31.9. The summed E-state index contributed by atoms with van der Waals surface area (Å²) in [5.41, 5.74) is 6.73. The maximum Gasteiger partial charge on any atom is 0.328 e. The van der Waals surface area contributed by atoms with Crippen molar-refractivity contribution in [1.82, 2.24) is 21.3 Å². The topological polar surface area (TPSA) is 220 Å². The molecule has 0 aliphatic carbocycles. The number of hydrogen-bond acceptors (Lipinski definition) is 8. The van der Waals surface area contributed by atoms with Gasteiger partial charge in [-0.2, -0.15) is 0 Å². The van der Waals surface area contributed by atoms with Crippen LogP contribution >= 0.6 is 0 Å². The summed E-state index contributed by atoms with van der Waals surface area (Å²) in [6.45, 7) is 0.00475. The van der Waals surface area contributed by atoms with Crippen LogP contribution in [-0.4, -0.2) is 88.3 Å². The van der Waals surface area contributed by atoms with E-state index in [2.05, 4.69) is 21.3 Å². The van der Waals surface area contributed by atoms with Gasteiger partial charge in [-0.15, -0.1) is 0 Å². The molecule has 13 nitrogen and oxygen atoms in total. The van der Waals surface area contributed by atoms with Crippen LogP contribution < -0.4 is 27.0 Å². The number of hydrogen-bond donors (Lipinski definition) is 8. The summed E-state index contributed by atoms with van der Waals surface area (Å²) in [4.78, 5) is 62.6. The monoisotopic (exact) mass is 557 g/mol. The van der Waals surface area contributed by atoms with Crippen molar-refractivity contribution in [3.63, 3.8) is 0 Å². The number of aliphatic carboxylic acids is 1. The van der Waals surface area contributed by atoms with Gasteiger partial charge in [-0.1, -0.05) is 60.7 Å². The fourth-order valence-electron chi connectivity index (χ4n) is 3.75. The minimum absolute atomic E-state index is 0.0557. The molecule has 13 heteroatoms. The summed E-state index contributed by atoms with van der Waals surface area (Å²) >= 11 is 0. The molecule has 0 unspecified atom stereocenters. The van der Waals surface area contributed by atoms with E-state index in [1.54, 1.807) is 60.7 Å². The lowest BCUT2D eigenvalue weighted by atomic mass is 10.0. The molecule has 0 aromatic heterocycles. The number of rotatable bonds is 15. The first-order valence-electron chi connectivity index (χ1n) is 12.6. The van der Waals surface area contributed by atoms with Crippen LogP contribution in [0.1, 0.15) is 18.1 Å². The largest absolute Gasteiger partial charge is 0.480 e. The average Bonchev–Trinajstić information content (AvgIpc) is 2.94.